The summed E-state index contributed by atoms with van der Waals surface area (Å²) in [6, 6.07) is 7.83. The van der Waals surface area contributed by atoms with E-state index in [4.69, 9.17) is 5.73 Å². The first-order valence-corrected chi connectivity index (χ1v) is 5.46. The predicted molar refractivity (Wildman–Crippen MR) is 62.9 cm³/mol. The number of benzene rings is 1. The van der Waals surface area contributed by atoms with Gasteiger partial charge >= 0.3 is 0 Å². The Morgan fingerprint density at radius 1 is 1.40 bits per heavy atom. The molecule has 0 saturated carbocycles. The fourth-order valence-electron chi connectivity index (χ4n) is 2.04. The maximum atomic E-state index is 9.82. The van der Waals surface area contributed by atoms with Gasteiger partial charge in [0.2, 0.25) is 0 Å². The van der Waals surface area contributed by atoms with Crippen LogP contribution in [0.5, 0.6) is 0 Å². The number of nitrogens with zero attached hydrogens (tertiary/aromatic N) is 1. The summed E-state index contributed by atoms with van der Waals surface area (Å²) in [5.41, 5.74) is 7.74. The first kappa shape index (κ1) is 10.3. The maximum Gasteiger partial charge on any atom is 0.0741 e. The molecule has 3 heteroatoms. The Bertz CT molecular complexity index is 340. The monoisotopic (exact) mass is 206 g/mol. The second-order valence-electron chi connectivity index (χ2n) is 4.34. The molecule has 3 N–H and O–H groups in total. The number of rotatable bonds is 1. The molecule has 1 aromatic rings. The van der Waals surface area contributed by atoms with Crippen molar-refractivity contribution in [1.82, 2.24) is 0 Å². The largest absolute Gasteiger partial charge is 0.397 e. The van der Waals surface area contributed by atoms with Gasteiger partial charge in [0, 0.05) is 13.1 Å². The zero-order chi connectivity index (χ0) is 10.8. The van der Waals surface area contributed by atoms with Crippen LogP contribution in [-0.4, -0.2) is 24.3 Å². The number of hydrogen-bond acceptors (Lipinski definition) is 3. The SMILES string of the molecule is C[C@@H]1CCN(c2ccccc2N)C[C@H]1O. The Morgan fingerprint density at radius 3 is 2.80 bits per heavy atom. The Kier molecular flexibility index (Phi) is 2.82. The molecule has 2 atom stereocenters. The third-order valence-corrected chi connectivity index (χ3v) is 3.20. The number of para-hydroxylation sites is 2. The lowest BCUT2D eigenvalue weighted by molar-refractivity contribution is 0.103. The first-order chi connectivity index (χ1) is 7.18. The number of aliphatic hydroxyl groups is 1. The summed E-state index contributed by atoms with van der Waals surface area (Å²) < 4.78 is 0. The van der Waals surface area contributed by atoms with Gasteiger partial charge < -0.3 is 15.7 Å². The van der Waals surface area contributed by atoms with E-state index in [0.717, 1.165) is 24.3 Å². The summed E-state index contributed by atoms with van der Waals surface area (Å²) in [4.78, 5) is 2.17. The molecule has 1 saturated heterocycles. The molecule has 0 aliphatic carbocycles. The second kappa shape index (κ2) is 4.11. The lowest BCUT2D eigenvalue weighted by Gasteiger charge is -2.36. The van der Waals surface area contributed by atoms with E-state index < -0.39 is 0 Å². The summed E-state index contributed by atoms with van der Waals surface area (Å²) in [7, 11) is 0. The Morgan fingerprint density at radius 2 is 2.13 bits per heavy atom. The van der Waals surface area contributed by atoms with Crippen LogP contribution in [-0.2, 0) is 0 Å². The first-order valence-electron chi connectivity index (χ1n) is 5.46. The van der Waals surface area contributed by atoms with Crippen molar-refractivity contribution in [1.29, 1.82) is 0 Å². The van der Waals surface area contributed by atoms with Gasteiger partial charge in [-0.2, -0.15) is 0 Å². The molecule has 1 aromatic carbocycles. The minimum absolute atomic E-state index is 0.238. The van der Waals surface area contributed by atoms with Gasteiger partial charge in [-0.1, -0.05) is 19.1 Å². The lowest BCUT2D eigenvalue weighted by atomic mass is 9.95. The fourth-order valence-corrected chi connectivity index (χ4v) is 2.04. The van der Waals surface area contributed by atoms with Gasteiger partial charge in [0.15, 0.2) is 0 Å². The molecular weight excluding hydrogens is 188 g/mol. The van der Waals surface area contributed by atoms with E-state index in [2.05, 4.69) is 11.8 Å². The van der Waals surface area contributed by atoms with Crippen molar-refractivity contribution in [2.75, 3.05) is 23.7 Å². The molecule has 82 valence electrons. The van der Waals surface area contributed by atoms with Crippen LogP contribution >= 0.6 is 0 Å². The number of β-amino-alcohol motifs (C(OH)–C–C–N with tert-alkyl or cyclic N) is 1. The quantitative estimate of drug-likeness (QED) is 0.684. The molecule has 1 aliphatic heterocycles. The highest BCUT2D eigenvalue weighted by Gasteiger charge is 2.24. The predicted octanol–water partition coefficient (Wildman–Crippen LogP) is 1.48. The molecule has 3 nitrogen and oxygen atoms in total. The van der Waals surface area contributed by atoms with Gasteiger partial charge in [-0.3, -0.25) is 0 Å². The zero-order valence-electron chi connectivity index (χ0n) is 9.06. The topological polar surface area (TPSA) is 49.5 Å². The highest BCUT2D eigenvalue weighted by Crippen LogP contribution is 2.27. The van der Waals surface area contributed by atoms with E-state index in [1.165, 1.54) is 0 Å². The Balaban J connectivity index is 2.15. The van der Waals surface area contributed by atoms with Gasteiger partial charge in [0.25, 0.3) is 0 Å². The minimum Gasteiger partial charge on any atom is -0.397 e. The normalized spacial score (nSPS) is 26.7. The van der Waals surface area contributed by atoms with Crippen molar-refractivity contribution >= 4 is 11.4 Å². The average Bonchev–Trinajstić information content (AvgIpc) is 2.23. The number of piperidine rings is 1. The molecule has 1 aliphatic rings. The summed E-state index contributed by atoms with van der Waals surface area (Å²) in [5.74, 6) is 0.395. The molecular formula is C12H18N2O. The smallest absolute Gasteiger partial charge is 0.0741 e. The number of nitrogen functional groups attached to an aromatic ring is 1. The average molecular weight is 206 g/mol. The molecule has 0 bridgehead atoms. The number of nitrogens with two attached hydrogens (primary N) is 1. The Labute approximate surface area is 90.5 Å². The zero-order valence-corrected chi connectivity index (χ0v) is 9.06. The minimum atomic E-state index is -0.238. The van der Waals surface area contributed by atoms with Crippen LogP contribution in [0.2, 0.25) is 0 Å². The molecule has 0 amide bonds. The molecule has 15 heavy (non-hydrogen) atoms. The van der Waals surface area contributed by atoms with E-state index in [0.29, 0.717) is 12.5 Å². The van der Waals surface area contributed by atoms with Gasteiger partial charge in [-0.05, 0) is 24.5 Å². The van der Waals surface area contributed by atoms with E-state index in [1.807, 2.05) is 24.3 Å². The van der Waals surface area contributed by atoms with Crippen LogP contribution in [0.4, 0.5) is 11.4 Å². The number of aliphatic hydroxyl groups excluding tert-OH is 1. The third-order valence-electron chi connectivity index (χ3n) is 3.20. The van der Waals surface area contributed by atoms with E-state index in [9.17, 15) is 5.11 Å². The Hall–Kier alpha value is -1.22. The third kappa shape index (κ3) is 2.07. The molecule has 1 fully saturated rings. The van der Waals surface area contributed by atoms with Crippen molar-refractivity contribution in [2.45, 2.75) is 19.4 Å². The molecule has 0 unspecified atom stereocenters. The fraction of sp³-hybridized carbons (Fsp3) is 0.500. The van der Waals surface area contributed by atoms with E-state index >= 15 is 0 Å². The number of hydrogen-bond donors (Lipinski definition) is 2. The van der Waals surface area contributed by atoms with Crippen LogP contribution in [0.15, 0.2) is 24.3 Å². The lowest BCUT2D eigenvalue weighted by Crippen LogP contribution is -2.43. The van der Waals surface area contributed by atoms with Crippen LogP contribution in [0.3, 0.4) is 0 Å². The van der Waals surface area contributed by atoms with Crippen LogP contribution < -0.4 is 10.6 Å². The standard InChI is InChI=1S/C12H18N2O/c1-9-6-7-14(8-12(9)15)11-5-3-2-4-10(11)13/h2-5,9,12,15H,6-8,13H2,1H3/t9-,12-/m1/s1. The van der Waals surface area contributed by atoms with Crippen molar-refractivity contribution < 1.29 is 5.11 Å². The van der Waals surface area contributed by atoms with E-state index in [1.54, 1.807) is 0 Å². The van der Waals surface area contributed by atoms with E-state index in [-0.39, 0.29) is 6.10 Å². The van der Waals surface area contributed by atoms with Crippen molar-refractivity contribution in [2.24, 2.45) is 5.92 Å². The van der Waals surface area contributed by atoms with Gasteiger partial charge in [-0.15, -0.1) is 0 Å². The molecule has 0 radical (unpaired) electrons. The van der Waals surface area contributed by atoms with Gasteiger partial charge in [0.05, 0.1) is 17.5 Å². The highest BCUT2D eigenvalue weighted by atomic mass is 16.3. The van der Waals surface area contributed by atoms with Crippen molar-refractivity contribution in [3.05, 3.63) is 24.3 Å². The summed E-state index contributed by atoms with van der Waals surface area (Å²) in [6.45, 7) is 3.76. The van der Waals surface area contributed by atoms with Gasteiger partial charge in [0.1, 0.15) is 0 Å². The van der Waals surface area contributed by atoms with Crippen LogP contribution in [0.1, 0.15) is 13.3 Å². The highest BCUT2D eigenvalue weighted by molar-refractivity contribution is 5.67. The molecule has 0 aromatic heterocycles. The van der Waals surface area contributed by atoms with Gasteiger partial charge in [-0.25, -0.2) is 0 Å². The number of anilines is 2. The van der Waals surface area contributed by atoms with Crippen LogP contribution in [0, 0.1) is 5.92 Å². The molecule has 2 rings (SSSR count). The van der Waals surface area contributed by atoms with Crippen molar-refractivity contribution in [3.8, 4) is 0 Å². The molecule has 1 heterocycles. The summed E-state index contributed by atoms with van der Waals surface area (Å²) in [6.07, 6.45) is 0.786. The maximum absolute atomic E-state index is 9.82. The molecule has 0 spiro atoms. The summed E-state index contributed by atoms with van der Waals surface area (Å²) >= 11 is 0. The second-order valence-corrected chi connectivity index (χ2v) is 4.34. The van der Waals surface area contributed by atoms with Crippen LogP contribution in [0.25, 0.3) is 0 Å². The van der Waals surface area contributed by atoms with Crippen molar-refractivity contribution in [3.63, 3.8) is 0 Å². The summed E-state index contributed by atoms with van der Waals surface area (Å²) in [5, 5.41) is 9.82.